The van der Waals surface area contributed by atoms with Crippen LogP contribution in [0.2, 0.25) is 0 Å². The molecule has 7 nitrogen and oxygen atoms in total. The molecule has 0 radical (unpaired) electrons. The maximum atomic E-state index is 12.0. The van der Waals surface area contributed by atoms with Crippen molar-refractivity contribution in [3.8, 4) is 5.69 Å². The predicted octanol–water partition coefficient (Wildman–Crippen LogP) is 1.73. The molecule has 3 aromatic rings. The number of amides is 1. The highest BCUT2D eigenvalue weighted by Gasteiger charge is 2.17. The third-order valence-corrected chi connectivity index (χ3v) is 4.28. The summed E-state index contributed by atoms with van der Waals surface area (Å²) >= 11 is 1.28. The normalized spacial score (nSPS) is 10.9. The number of imidazole rings is 1. The van der Waals surface area contributed by atoms with Gasteiger partial charge in [-0.2, -0.15) is 0 Å². The molecule has 0 spiro atoms. The van der Waals surface area contributed by atoms with Crippen LogP contribution in [0.15, 0.2) is 46.6 Å². The van der Waals surface area contributed by atoms with Gasteiger partial charge in [-0.3, -0.25) is 14.2 Å². The Bertz CT molecular complexity index is 904. The molecular formula is C16H17N5O2S. The number of carbonyl (C=O) groups is 1. The minimum absolute atomic E-state index is 0.0598. The molecule has 0 aliphatic rings. The fourth-order valence-electron chi connectivity index (χ4n) is 2.24. The van der Waals surface area contributed by atoms with E-state index in [0.29, 0.717) is 17.3 Å². The fourth-order valence-corrected chi connectivity index (χ4v) is 3.07. The molecule has 0 aliphatic heterocycles. The number of H-pyrrole nitrogens is 1. The Labute approximate surface area is 142 Å². The van der Waals surface area contributed by atoms with Gasteiger partial charge in [0.25, 0.3) is 5.56 Å². The van der Waals surface area contributed by atoms with Crippen LogP contribution in [0.25, 0.3) is 16.9 Å². The Morgan fingerprint density at radius 2 is 2.12 bits per heavy atom. The SMILES string of the molecule is CCCNC(=O)CSc1nc2c(=O)[nH]cnc2n1-c1ccccc1. The monoisotopic (exact) mass is 343 g/mol. The highest BCUT2D eigenvalue weighted by atomic mass is 32.2. The maximum absolute atomic E-state index is 12.0. The van der Waals surface area contributed by atoms with Crippen LogP contribution in [-0.4, -0.2) is 37.7 Å². The summed E-state index contributed by atoms with van der Waals surface area (Å²) < 4.78 is 1.79. The van der Waals surface area contributed by atoms with Crippen LogP contribution in [0.3, 0.4) is 0 Å². The van der Waals surface area contributed by atoms with E-state index >= 15 is 0 Å². The zero-order valence-corrected chi connectivity index (χ0v) is 14.0. The number of nitrogens with zero attached hydrogens (tertiary/aromatic N) is 3. The van der Waals surface area contributed by atoms with Gasteiger partial charge in [0, 0.05) is 12.2 Å². The van der Waals surface area contributed by atoms with Gasteiger partial charge in [-0.15, -0.1) is 0 Å². The maximum Gasteiger partial charge on any atom is 0.278 e. The molecule has 0 saturated carbocycles. The van der Waals surface area contributed by atoms with Crippen LogP contribution in [0.5, 0.6) is 0 Å². The summed E-state index contributed by atoms with van der Waals surface area (Å²) in [5, 5.41) is 3.39. The summed E-state index contributed by atoms with van der Waals surface area (Å²) in [6.07, 6.45) is 2.24. The van der Waals surface area contributed by atoms with E-state index in [4.69, 9.17) is 0 Å². The van der Waals surface area contributed by atoms with Crippen molar-refractivity contribution in [1.29, 1.82) is 0 Å². The average Bonchev–Trinajstić information content (AvgIpc) is 2.99. The number of aromatic amines is 1. The Morgan fingerprint density at radius 1 is 1.33 bits per heavy atom. The minimum atomic E-state index is -0.299. The smallest absolute Gasteiger partial charge is 0.278 e. The molecular weight excluding hydrogens is 326 g/mol. The first-order valence-electron chi connectivity index (χ1n) is 7.61. The van der Waals surface area contributed by atoms with Crippen LogP contribution < -0.4 is 10.9 Å². The lowest BCUT2D eigenvalue weighted by molar-refractivity contribution is -0.118. The van der Waals surface area contributed by atoms with Crippen molar-refractivity contribution in [3.05, 3.63) is 47.0 Å². The third kappa shape index (κ3) is 3.33. The zero-order valence-electron chi connectivity index (χ0n) is 13.2. The van der Waals surface area contributed by atoms with E-state index in [1.807, 2.05) is 37.3 Å². The second-order valence-electron chi connectivity index (χ2n) is 5.11. The van der Waals surface area contributed by atoms with Gasteiger partial charge in [-0.1, -0.05) is 36.9 Å². The molecule has 8 heteroatoms. The van der Waals surface area contributed by atoms with Crippen molar-refractivity contribution < 1.29 is 4.79 Å². The standard InChI is InChI=1S/C16H17N5O2S/c1-2-8-17-12(22)9-24-16-20-13-14(18-10-19-15(13)23)21(16)11-6-4-3-5-7-11/h3-7,10H,2,8-9H2,1H3,(H,17,22)(H,18,19,23). The molecule has 0 aliphatic carbocycles. The van der Waals surface area contributed by atoms with Gasteiger partial charge in [-0.25, -0.2) is 9.97 Å². The van der Waals surface area contributed by atoms with Crippen molar-refractivity contribution in [3.63, 3.8) is 0 Å². The molecule has 0 bridgehead atoms. The van der Waals surface area contributed by atoms with Crippen molar-refractivity contribution >= 4 is 28.8 Å². The first-order chi connectivity index (χ1) is 11.7. The second-order valence-corrected chi connectivity index (χ2v) is 6.05. The van der Waals surface area contributed by atoms with E-state index in [1.165, 1.54) is 18.1 Å². The number of benzene rings is 1. The molecule has 0 atom stereocenters. The minimum Gasteiger partial charge on any atom is -0.355 e. The van der Waals surface area contributed by atoms with E-state index in [9.17, 15) is 9.59 Å². The predicted molar refractivity (Wildman–Crippen MR) is 93.5 cm³/mol. The zero-order chi connectivity index (χ0) is 16.9. The van der Waals surface area contributed by atoms with Crippen molar-refractivity contribution in [1.82, 2.24) is 24.8 Å². The number of hydrogen-bond donors (Lipinski definition) is 2. The van der Waals surface area contributed by atoms with Gasteiger partial charge >= 0.3 is 0 Å². The highest BCUT2D eigenvalue weighted by Crippen LogP contribution is 2.25. The number of aromatic nitrogens is 4. The van der Waals surface area contributed by atoms with Crippen LogP contribution in [-0.2, 0) is 4.79 Å². The molecule has 124 valence electrons. The van der Waals surface area contributed by atoms with E-state index in [-0.39, 0.29) is 22.7 Å². The Kier molecular flexibility index (Phi) is 4.95. The van der Waals surface area contributed by atoms with E-state index in [1.54, 1.807) is 4.57 Å². The lowest BCUT2D eigenvalue weighted by atomic mass is 10.3. The van der Waals surface area contributed by atoms with E-state index in [2.05, 4.69) is 20.3 Å². The first-order valence-corrected chi connectivity index (χ1v) is 8.60. The summed E-state index contributed by atoms with van der Waals surface area (Å²) in [4.78, 5) is 35.0. The summed E-state index contributed by atoms with van der Waals surface area (Å²) in [6, 6.07) is 9.53. The summed E-state index contributed by atoms with van der Waals surface area (Å²) in [6.45, 7) is 2.65. The Hall–Kier alpha value is -2.61. The van der Waals surface area contributed by atoms with Crippen molar-refractivity contribution in [2.75, 3.05) is 12.3 Å². The van der Waals surface area contributed by atoms with E-state index < -0.39 is 0 Å². The molecule has 0 saturated heterocycles. The van der Waals surface area contributed by atoms with Crippen LogP contribution in [0, 0.1) is 0 Å². The van der Waals surface area contributed by atoms with Crippen LogP contribution >= 0.6 is 11.8 Å². The Balaban J connectivity index is 1.99. The number of nitrogens with one attached hydrogen (secondary N) is 2. The fraction of sp³-hybridized carbons (Fsp3) is 0.250. The molecule has 1 aromatic carbocycles. The molecule has 2 heterocycles. The number of carbonyl (C=O) groups excluding carboxylic acids is 1. The Morgan fingerprint density at radius 3 is 2.88 bits per heavy atom. The summed E-state index contributed by atoms with van der Waals surface area (Å²) in [5.41, 5.74) is 1.28. The quantitative estimate of drug-likeness (QED) is 0.665. The van der Waals surface area contributed by atoms with Gasteiger partial charge in [0.05, 0.1) is 12.1 Å². The van der Waals surface area contributed by atoms with Gasteiger partial charge in [-0.05, 0) is 18.6 Å². The number of hydrogen-bond acceptors (Lipinski definition) is 5. The highest BCUT2D eigenvalue weighted by molar-refractivity contribution is 7.99. The molecule has 3 rings (SSSR count). The van der Waals surface area contributed by atoms with Gasteiger partial charge in [0.1, 0.15) is 0 Å². The molecule has 0 unspecified atom stereocenters. The third-order valence-electron chi connectivity index (χ3n) is 3.34. The lowest BCUT2D eigenvalue weighted by Crippen LogP contribution is -2.25. The number of para-hydroxylation sites is 1. The van der Waals surface area contributed by atoms with Gasteiger partial charge in [0.15, 0.2) is 16.3 Å². The van der Waals surface area contributed by atoms with Crippen molar-refractivity contribution in [2.24, 2.45) is 0 Å². The van der Waals surface area contributed by atoms with Crippen molar-refractivity contribution in [2.45, 2.75) is 18.5 Å². The van der Waals surface area contributed by atoms with Crippen LogP contribution in [0.1, 0.15) is 13.3 Å². The largest absolute Gasteiger partial charge is 0.355 e. The van der Waals surface area contributed by atoms with Gasteiger partial charge in [0.2, 0.25) is 5.91 Å². The topological polar surface area (TPSA) is 92.7 Å². The summed E-state index contributed by atoms with van der Waals surface area (Å²) in [5.74, 6) is 0.170. The molecule has 2 N–H and O–H groups in total. The summed E-state index contributed by atoms with van der Waals surface area (Å²) in [7, 11) is 0. The number of rotatable bonds is 6. The van der Waals surface area contributed by atoms with Gasteiger partial charge < -0.3 is 10.3 Å². The number of fused-ring (bicyclic) bond motifs is 1. The number of thioether (sulfide) groups is 1. The second kappa shape index (κ2) is 7.31. The lowest BCUT2D eigenvalue weighted by Gasteiger charge is -2.08. The average molecular weight is 343 g/mol. The molecule has 2 aromatic heterocycles. The van der Waals surface area contributed by atoms with E-state index in [0.717, 1.165) is 12.1 Å². The van der Waals surface area contributed by atoms with Crippen LogP contribution in [0.4, 0.5) is 0 Å². The first kappa shape index (κ1) is 16.3. The molecule has 24 heavy (non-hydrogen) atoms. The molecule has 0 fully saturated rings. The molecule has 1 amide bonds.